The molecule has 1 aromatic carbocycles. The highest BCUT2D eigenvalue weighted by molar-refractivity contribution is 6.21. The third-order valence-corrected chi connectivity index (χ3v) is 5.24. The lowest BCUT2D eigenvalue weighted by atomic mass is 9.77. The minimum atomic E-state index is 0.195. The maximum atomic E-state index is 6.76. The minimum absolute atomic E-state index is 0.195. The van der Waals surface area contributed by atoms with Crippen molar-refractivity contribution in [2.24, 2.45) is 5.41 Å². The smallest absolute Gasteiger partial charge is 0.0641 e. The molecule has 0 N–H and O–H groups in total. The summed E-state index contributed by atoms with van der Waals surface area (Å²) in [7, 11) is 0. The number of hydrogen-bond acceptors (Lipinski definition) is 0. The standard InChI is InChI=1S/C16H23Cl/c1-3-13-7-9-14(10-8-13)15(17)16(4-2)11-5-6-12-16/h7-10,15H,3-6,11-12H2,1-2H3. The maximum absolute atomic E-state index is 6.76. The topological polar surface area (TPSA) is 0 Å². The molecule has 17 heavy (non-hydrogen) atoms. The van der Waals surface area contributed by atoms with E-state index >= 15 is 0 Å². The highest BCUT2D eigenvalue weighted by atomic mass is 35.5. The molecule has 0 nitrogen and oxygen atoms in total. The van der Waals surface area contributed by atoms with Crippen LogP contribution in [-0.4, -0.2) is 0 Å². The van der Waals surface area contributed by atoms with Gasteiger partial charge in [0.05, 0.1) is 5.38 Å². The molecule has 0 aliphatic heterocycles. The Labute approximate surface area is 110 Å². The Kier molecular flexibility index (Phi) is 4.14. The summed E-state index contributed by atoms with van der Waals surface area (Å²) in [6, 6.07) is 8.91. The molecule has 1 heteroatoms. The highest BCUT2D eigenvalue weighted by Crippen LogP contribution is 2.53. The molecular formula is C16H23Cl. The fourth-order valence-corrected chi connectivity index (χ4v) is 3.66. The zero-order chi connectivity index (χ0) is 12.3. The third-order valence-electron chi connectivity index (χ3n) is 4.52. The van der Waals surface area contributed by atoms with Gasteiger partial charge in [-0.1, -0.05) is 51.0 Å². The number of hydrogen-bond donors (Lipinski definition) is 0. The van der Waals surface area contributed by atoms with Crippen molar-refractivity contribution in [3.8, 4) is 0 Å². The fraction of sp³-hybridized carbons (Fsp3) is 0.625. The third kappa shape index (κ3) is 2.52. The Balaban J connectivity index is 2.19. The quantitative estimate of drug-likeness (QED) is 0.619. The first-order chi connectivity index (χ1) is 8.22. The van der Waals surface area contributed by atoms with E-state index in [-0.39, 0.29) is 5.38 Å². The predicted octanol–water partition coefficient (Wildman–Crippen LogP) is 5.50. The van der Waals surface area contributed by atoms with Gasteiger partial charge < -0.3 is 0 Å². The molecule has 0 aromatic heterocycles. The molecule has 0 amide bonds. The first-order valence-corrected chi connectivity index (χ1v) is 7.38. The SMILES string of the molecule is CCc1ccc(C(Cl)C2(CC)CCCC2)cc1. The van der Waals surface area contributed by atoms with E-state index in [1.165, 1.54) is 43.2 Å². The van der Waals surface area contributed by atoms with Crippen molar-refractivity contribution in [2.45, 2.75) is 57.7 Å². The van der Waals surface area contributed by atoms with Gasteiger partial charge in [0.2, 0.25) is 0 Å². The van der Waals surface area contributed by atoms with Gasteiger partial charge in [0.1, 0.15) is 0 Å². The molecule has 94 valence electrons. The molecule has 0 bridgehead atoms. The van der Waals surface area contributed by atoms with Gasteiger partial charge in [-0.25, -0.2) is 0 Å². The molecule has 1 fully saturated rings. The summed E-state index contributed by atoms with van der Waals surface area (Å²) in [5.74, 6) is 0. The van der Waals surface area contributed by atoms with Crippen LogP contribution in [0.5, 0.6) is 0 Å². The van der Waals surface area contributed by atoms with Crippen LogP contribution in [-0.2, 0) is 6.42 Å². The van der Waals surface area contributed by atoms with E-state index in [9.17, 15) is 0 Å². The number of aryl methyl sites for hydroxylation is 1. The van der Waals surface area contributed by atoms with Crippen LogP contribution in [0.2, 0.25) is 0 Å². The van der Waals surface area contributed by atoms with Crippen LogP contribution >= 0.6 is 11.6 Å². The van der Waals surface area contributed by atoms with Crippen molar-refractivity contribution in [3.05, 3.63) is 35.4 Å². The molecule has 1 aliphatic carbocycles. The lowest BCUT2D eigenvalue weighted by molar-refractivity contribution is 0.271. The van der Waals surface area contributed by atoms with Crippen LogP contribution in [0, 0.1) is 5.41 Å². The largest absolute Gasteiger partial charge is 0.117 e. The molecular weight excluding hydrogens is 228 g/mol. The van der Waals surface area contributed by atoms with Crippen LogP contribution in [0.4, 0.5) is 0 Å². The Morgan fingerprint density at radius 3 is 2.18 bits per heavy atom. The molecule has 0 heterocycles. The van der Waals surface area contributed by atoms with E-state index < -0.39 is 0 Å². The Bertz CT molecular complexity index is 346. The van der Waals surface area contributed by atoms with Crippen LogP contribution in [0.15, 0.2) is 24.3 Å². The van der Waals surface area contributed by atoms with E-state index in [1.807, 2.05) is 0 Å². The normalized spacial score (nSPS) is 20.4. The lowest BCUT2D eigenvalue weighted by Gasteiger charge is -2.33. The summed E-state index contributed by atoms with van der Waals surface area (Å²) in [5.41, 5.74) is 3.07. The van der Waals surface area contributed by atoms with Crippen molar-refractivity contribution in [1.82, 2.24) is 0 Å². The van der Waals surface area contributed by atoms with Gasteiger partial charge in [-0.2, -0.15) is 0 Å². The molecule has 1 aromatic rings. The van der Waals surface area contributed by atoms with E-state index in [2.05, 4.69) is 38.1 Å². The summed E-state index contributed by atoms with van der Waals surface area (Å²) in [5, 5.41) is 0.195. The molecule has 0 spiro atoms. The Morgan fingerprint density at radius 1 is 1.12 bits per heavy atom. The van der Waals surface area contributed by atoms with Gasteiger partial charge in [-0.05, 0) is 42.2 Å². The van der Waals surface area contributed by atoms with Crippen molar-refractivity contribution in [1.29, 1.82) is 0 Å². The molecule has 1 aliphatic rings. The van der Waals surface area contributed by atoms with E-state index in [0.717, 1.165) is 6.42 Å². The van der Waals surface area contributed by atoms with Crippen molar-refractivity contribution in [3.63, 3.8) is 0 Å². The second kappa shape index (κ2) is 5.44. The van der Waals surface area contributed by atoms with Gasteiger partial charge in [0.15, 0.2) is 0 Å². The molecule has 2 rings (SSSR count). The first kappa shape index (κ1) is 13.0. The van der Waals surface area contributed by atoms with Gasteiger partial charge in [-0.15, -0.1) is 11.6 Å². The monoisotopic (exact) mass is 250 g/mol. The van der Waals surface area contributed by atoms with E-state index in [4.69, 9.17) is 11.6 Å². The van der Waals surface area contributed by atoms with Gasteiger partial charge in [0, 0.05) is 0 Å². The highest BCUT2D eigenvalue weighted by Gasteiger charge is 2.39. The van der Waals surface area contributed by atoms with Gasteiger partial charge in [0.25, 0.3) is 0 Å². The number of rotatable bonds is 4. The molecule has 1 saturated carbocycles. The predicted molar refractivity (Wildman–Crippen MR) is 75.6 cm³/mol. The number of halogens is 1. The summed E-state index contributed by atoms with van der Waals surface area (Å²) in [6.07, 6.45) is 7.61. The first-order valence-electron chi connectivity index (χ1n) is 6.95. The average molecular weight is 251 g/mol. The summed E-state index contributed by atoms with van der Waals surface area (Å²) < 4.78 is 0. The molecule has 0 saturated heterocycles. The molecule has 1 atom stereocenters. The van der Waals surface area contributed by atoms with Crippen molar-refractivity contribution in [2.75, 3.05) is 0 Å². The summed E-state index contributed by atoms with van der Waals surface area (Å²) in [4.78, 5) is 0. The maximum Gasteiger partial charge on any atom is 0.0641 e. The molecule has 0 radical (unpaired) electrons. The Morgan fingerprint density at radius 2 is 1.71 bits per heavy atom. The number of benzene rings is 1. The van der Waals surface area contributed by atoms with Crippen LogP contribution < -0.4 is 0 Å². The number of alkyl halides is 1. The second-order valence-corrected chi connectivity index (χ2v) is 5.82. The van der Waals surface area contributed by atoms with Crippen LogP contribution in [0.1, 0.15) is 62.5 Å². The van der Waals surface area contributed by atoms with E-state index in [1.54, 1.807) is 0 Å². The summed E-state index contributed by atoms with van der Waals surface area (Å²) in [6.45, 7) is 4.48. The Hall–Kier alpha value is -0.490. The average Bonchev–Trinajstić information content (AvgIpc) is 2.88. The minimum Gasteiger partial charge on any atom is -0.117 e. The lowest BCUT2D eigenvalue weighted by Crippen LogP contribution is -2.21. The van der Waals surface area contributed by atoms with Crippen molar-refractivity contribution >= 4 is 11.6 Å². The fourth-order valence-electron chi connectivity index (χ4n) is 3.14. The van der Waals surface area contributed by atoms with Gasteiger partial charge in [-0.3, -0.25) is 0 Å². The van der Waals surface area contributed by atoms with Crippen LogP contribution in [0.25, 0.3) is 0 Å². The summed E-state index contributed by atoms with van der Waals surface area (Å²) >= 11 is 6.76. The van der Waals surface area contributed by atoms with Crippen LogP contribution in [0.3, 0.4) is 0 Å². The zero-order valence-electron chi connectivity index (χ0n) is 11.0. The van der Waals surface area contributed by atoms with E-state index in [0.29, 0.717) is 5.41 Å². The van der Waals surface area contributed by atoms with Gasteiger partial charge >= 0.3 is 0 Å². The van der Waals surface area contributed by atoms with Crippen molar-refractivity contribution < 1.29 is 0 Å². The molecule has 1 unspecified atom stereocenters. The second-order valence-electron chi connectivity index (χ2n) is 5.38. The zero-order valence-corrected chi connectivity index (χ0v) is 11.8.